The van der Waals surface area contributed by atoms with Gasteiger partial charge in [-0.25, -0.2) is 4.98 Å². The van der Waals surface area contributed by atoms with Gasteiger partial charge in [-0.15, -0.1) is 0 Å². The summed E-state index contributed by atoms with van der Waals surface area (Å²) >= 11 is 0. The van der Waals surface area contributed by atoms with Gasteiger partial charge in [0.2, 0.25) is 0 Å². The molecule has 0 unspecified atom stereocenters. The van der Waals surface area contributed by atoms with Crippen molar-refractivity contribution in [1.29, 1.82) is 0 Å². The predicted molar refractivity (Wildman–Crippen MR) is 88.3 cm³/mol. The van der Waals surface area contributed by atoms with Crippen LogP contribution in [-0.2, 0) is 12.0 Å². The minimum Gasteiger partial charge on any atom is -0.370 e. The Morgan fingerprint density at radius 3 is 2.20 bits per heavy atom. The molecule has 0 atom stereocenters. The van der Waals surface area contributed by atoms with E-state index in [0.29, 0.717) is 0 Å². The van der Waals surface area contributed by atoms with Crippen LogP contribution in [0.1, 0.15) is 66.1 Å². The number of nitrogens with zero attached hydrogens (tertiary/aromatic N) is 1. The van der Waals surface area contributed by atoms with E-state index in [0.717, 1.165) is 31.0 Å². The summed E-state index contributed by atoms with van der Waals surface area (Å²) in [6.45, 7) is 17.2. The van der Waals surface area contributed by atoms with Crippen molar-refractivity contribution >= 4 is 5.82 Å². The van der Waals surface area contributed by atoms with Crippen LogP contribution in [0.5, 0.6) is 0 Å². The zero-order valence-corrected chi connectivity index (χ0v) is 14.2. The van der Waals surface area contributed by atoms with E-state index in [2.05, 4.69) is 71.2 Å². The molecule has 0 fully saturated rings. The second-order valence-corrected chi connectivity index (χ2v) is 7.53. The minimum atomic E-state index is 0.0698. The van der Waals surface area contributed by atoms with Gasteiger partial charge in [0.05, 0.1) is 0 Å². The van der Waals surface area contributed by atoms with Crippen molar-refractivity contribution < 1.29 is 0 Å². The molecule has 0 aliphatic heterocycles. The van der Waals surface area contributed by atoms with Gasteiger partial charge in [-0.3, -0.25) is 0 Å². The SMILES string of the molecule is CCCNc1cc(CNC(C)(C)C)cc(C(C)(C)C)n1. The highest BCUT2D eigenvalue weighted by Crippen LogP contribution is 2.23. The van der Waals surface area contributed by atoms with Crippen molar-refractivity contribution in [2.45, 2.75) is 72.4 Å². The normalized spacial score (nSPS) is 12.6. The van der Waals surface area contributed by atoms with Crippen LogP contribution in [-0.4, -0.2) is 17.1 Å². The van der Waals surface area contributed by atoms with Crippen LogP contribution in [0, 0.1) is 0 Å². The molecule has 0 amide bonds. The Labute approximate surface area is 124 Å². The van der Waals surface area contributed by atoms with Crippen molar-refractivity contribution in [3.63, 3.8) is 0 Å². The van der Waals surface area contributed by atoms with E-state index in [1.165, 1.54) is 5.56 Å². The Morgan fingerprint density at radius 2 is 1.70 bits per heavy atom. The van der Waals surface area contributed by atoms with Crippen LogP contribution in [0.25, 0.3) is 0 Å². The van der Waals surface area contributed by atoms with Gasteiger partial charge in [-0.1, -0.05) is 27.7 Å². The van der Waals surface area contributed by atoms with Gasteiger partial charge in [0.25, 0.3) is 0 Å². The van der Waals surface area contributed by atoms with Gasteiger partial charge in [-0.2, -0.15) is 0 Å². The summed E-state index contributed by atoms with van der Waals surface area (Å²) in [6.07, 6.45) is 1.11. The molecule has 0 saturated carbocycles. The Morgan fingerprint density at radius 1 is 1.05 bits per heavy atom. The van der Waals surface area contributed by atoms with Crippen molar-refractivity contribution in [2.24, 2.45) is 0 Å². The number of anilines is 1. The second kappa shape index (κ2) is 6.57. The number of aromatic nitrogens is 1. The van der Waals surface area contributed by atoms with Crippen molar-refractivity contribution in [2.75, 3.05) is 11.9 Å². The molecular weight excluding hydrogens is 246 g/mol. The lowest BCUT2D eigenvalue weighted by molar-refractivity contribution is 0.424. The first-order valence-electron chi connectivity index (χ1n) is 7.62. The molecule has 20 heavy (non-hydrogen) atoms. The molecule has 0 saturated heterocycles. The maximum absolute atomic E-state index is 4.75. The Hall–Kier alpha value is -1.09. The van der Waals surface area contributed by atoms with E-state index in [4.69, 9.17) is 4.98 Å². The molecule has 0 bridgehead atoms. The van der Waals surface area contributed by atoms with E-state index < -0.39 is 0 Å². The Kier molecular flexibility index (Phi) is 5.58. The fraction of sp³-hybridized carbons (Fsp3) is 0.706. The van der Waals surface area contributed by atoms with Gasteiger partial charge >= 0.3 is 0 Å². The van der Waals surface area contributed by atoms with Crippen LogP contribution in [0.2, 0.25) is 0 Å². The Bertz CT molecular complexity index is 425. The lowest BCUT2D eigenvalue weighted by Gasteiger charge is -2.23. The highest BCUT2D eigenvalue weighted by molar-refractivity contribution is 5.41. The molecule has 3 heteroatoms. The summed E-state index contributed by atoms with van der Waals surface area (Å²) in [7, 11) is 0. The first kappa shape index (κ1) is 17.0. The number of rotatable bonds is 5. The Balaban J connectivity index is 2.97. The lowest BCUT2D eigenvalue weighted by Crippen LogP contribution is -2.35. The van der Waals surface area contributed by atoms with E-state index in [1.807, 2.05) is 0 Å². The zero-order chi connectivity index (χ0) is 15.4. The summed E-state index contributed by atoms with van der Waals surface area (Å²) in [5.41, 5.74) is 2.63. The van der Waals surface area contributed by atoms with E-state index in [9.17, 15) is 0 Å². The average Bonchev–Trinajstić information content (AvgIpc) is 2.32. The van der Waals surface area contributed by atoms with Crippen molar-refractivity contribution in [1.82, 2.24) is 10.3 Å². The third kappa shape index (κ3) is 5.91. The molecule has 1 heterocycles. The van der Waals surface area contributed by atoms with Crippen LogP contribution in [0.3, 0.4) is 0 Å². The van der Waals surface area contributed by atoms with Crippen LogP contribution >= 0.6 is 0 Å². The number of hydrogen-bond acceptors (Lipinski definition) is 3. The predicted octanol–water partition coefficient (Wildman–Crippen LogP) is 4.09. The van der Waals surface area contributed by atoms with Gasteiger partial charge in [0, 0.05) is 29.7 Å². The summed E-state index contributed by atoms with van der Waals surface area (Å²) in [6, 6.07) is 4.37. The maximum atomic E-state index is 4.75. The fourth-order valence-corrected chi connectivity index (χ4v) is 1.78. The molecule has 0 aliphatic carbocycles. The molecule has 2 N–H and O–H groups in total. The zero-order valence-electron chi connectivity index (χ0n) is 14.2. The molecule has 0 spiro atoms. The van der Waals surface area contributed by atoms with Crippen molar-refractivity contribution in [3.8, 4) is 0 Å². The average molecular weight is 277 g/mol. The van der Waals surface area contributed by atoms with Gasteiger partial charge in [0.15, 0.2) is 0 Å². The molecule has 0 aromatic carbocycles. The fourth-order valence-electron chi connectivity index (χ4n) is 1.78. The molecule has 3 nitrogen and oxygen atoms in total. The van der Waals surface area contributed by atoms with E-state index >= 15 is 0 Å². The molecule has 0 aliphatic rings. The first-order chi connectivity index (χ1) is 9.12. The highest BCUT2D eigenvalue weighted by atomic mass is 15.0. The van der Waals surface area contributed by atoms with Crippen LogP contribution < -0.4 is 10.6 Å². The number of nitrogens with one attached hydrogen (secondary N) is 2. The summed E-state index contributed by atoms with van der Waals surface area (Å²) in [5.74, 6) is 0.991. The summed E-state index contributed by atoms with van der Waals surface area (Å²) in [4.78, 5) is 4.75. The standard InChI is InChI=1S/C17H31N3/c1-8-9-18-15-11-13(12-19-17(5,6)7)10-14(20-15)16(2,3)4/h10-11,19H,8-9,12H2,1-7H3,(H,18,20). The quantitative estimate of drug-likeness (QED) is 0.851. The minimum absolute atomic E-state index is 0.0698. The van der Waals surface area contributed by atoms with Crippen LogP contribution in [0.15, 0.2) is 12.1 Å². The van der Waals surface area contributed by atoms with E-state index in [1.54, 1.807) is 0 Å². The molecule has 1 rings (SSSR count). The van der Waals surface area contributed by atoms with Crippen molar-refractivity contribution in [3.05, 3.63) is 23.4 Å². The molecule has 1 aromatic rings. The molecule has 0 radical (unpaired) electrons. The monoisotopic (exact) mass is 277 g/mol. The van der Waals surface area contributed by atoms with E-state index in [-0.39, 0.29) is 11.0 Å². The lowest BCUT2D eigenvalue weighted by atomic mass is 9.90. The van der Waals surface area contributed by atoms with Gasteiger partial charge < -0.3 is 10.6 Å². The molecule has 1 aromatic heterocycles. The summed E-state index contributed by atoms with van der Waals surface area (Å²) < 4.78 is 0. The number of pyridine rings is 1. The largest absolute Gasteiger partial charge is 0.370 e. The smallest absolute Gasteiger partial charge is 0.126 e. The van der Waals surface area contributed by atoms with Crippen LogP contribution in [0.4, 0.5) is 5.82 Å². The number of hydrogen-bond donors (Lipinski definition) is 2. The second-order valence-electron chi connectivity index (χ2n) is 7.53. The third-order valence-electron chi connectivity index (χ3n) is 3.03. The summed E-state index contributed by atoms with van der Waals surface area (Å²) in [5, 5.41) is 6.95. The highest BCUT2D eigenvalue weighted by Gasteiger charge is 2.18. The third-order valence-corrected chi connectivity index (χ3v) is 3.03. The maximum Gasteiger partial charge on any atom is 0.126 e. The topological polar surface area (TPSA) is 37.0 Å². The first-order valence-corrected chi connectivity index (χ1v) is 7.62. The molecule has 114 valence electrons. The van der Waals surface area contributed by atoms with Gasteiger partial charge in [0.1, 0.15) is 5.82 Å². The molecular formula is C17H31N3. The van der Waals surface area contributed by atoms with Gasteiger partial charge in [-0.05, 0) is 44.9 Å².